The van der Waals surface area contributed by atoms with Gasteiger partial charge >= 0.3 is 0 Å². The van der Waals surface area contributed by atoms with Gasteiger partial charge in [-0.05, 0) is 0 Å². The molecular formula is C24H24Os. The van der Waals surface area contributed by atoms with Crippen LogP contribution in [0.4, 0.5) is 0 Å². The van der Waals surface area contributed by atoms with Gasteiger partial charge in [-0.3, -0.25) is 0 Å². The standard InChI is InChI=1S/4C6H6.Os/c4*1-2-4-6-5-3-1;/h4*1-6H;. The molecule has 0 aliphatic heterocycles. The molecule has 0 heterocycles. The van der Waals surface area contributed by atoms with Crippen LogP contribution in [-0.4, -0.2) is 0 Å². The Bertz CT molecular complexity index is 420. The molecule has 128 valence electrons. The van der Waals surface area contributed by atoms with Gasteiger partial charge in [0.1, 0.15) is 0 Å². The molecule has 0 radical (unpaired) electrons. The fourth-order valence-electron chi connectivity index (χ4n) is 1.54. The second-order valence-electron chi connectivity index (χ2n) is 4.62. The van der Waals surface area contributed by atoms with Crippen molar-refractivity contribution in [1.82, 2.24) is 0 Å². The molecule has 25 heavy (non-hydrogen) atoms. The van der Waals surface area contributed by atoms with Crippen molar-refractivity contribution in [3.8, 4) is 0 Å². The average Bonchev–Trinajstić information content (AvgIpc) is 2.75. The third-order valence-electron chi connectivity index (χ3n) is 2.67. The van der Waals surface area contributed by atoms with Crippen LogP contribution in [0.1, 0.15) is 0 Å². The van der Waals surface area contributed by atoms with Crippen molar-refractivity contribution in [2.75, 3.05) is 0 Å². The maximum absolute atomic E-state index is 2.00. The fourth-order valence-corrected chi connectivity index (χ4v) is 1.54. The number of rotatable bonds is 0. The van der Waals surface area contributed by atoms with Crippen molar-refractivity contribution in [2.24, 2.45) is 0 Å². The van der Waals surface area contributed by atoms with Crippen LogP contribution < -0.4 is 0 Å². The van der Waals surface area contributed by atoms with Gasteiger partial charge in [-0.25, -0.2) is 0 Å². The zero-order valence-corrected chi connectivity index (χ0v) is 16.8. The normalized spacial score (nSPS) is 7.68. The summed E-state index contributed by atoms with van der Waals surface area (Å²) < 4.78 is 0. The molecule has 0 aliphatic rings. The molecule has 0 saturated heterocycles. The van der Waals surface area contributed by atoms with E-state index in [9.17, 15) is 0 Å². The molecule has 0 unspecified atom stereocenters. The predicted molar refractivity (Wildman–Crippen MR) is 106 cm³/mol. The van der Waals surface area contributed by atoms with Crippen molar-refractivity contribution in [3.63, 3.8) is 0 Å². The molecule has 4 aromatic rings. The molecule has 1 heteroatoms. The zero-order chi connectivity index (χ0) is 17.0. The second kappa shape index (κ2) is 19.6. The molecule has 4 rings (SSSR count). The van der Waals surface area contributed by atoms with Gasteiger partial charge in [-0.1, -0.05) is 146 Å². The zero-order valence-electron chi connectivity index (χ0n) is 14.2. The molecule has 0 amide bonds. The van der Waals surface area contributed by atoms with E-state index in [1.807, 2.05) is 146 Å². The van der Waals surface area contributed by atoms with Crippen LogP contribution in [0.15, 0.2) is 146 Å². The van der Waals surface area contributed by atoms with Crippen LogP contribution in [-0.2, 0) is 19.8 Å². The van der Waals surface area contributed by atoms with E-state index < -0.39 is 0 Å². The predicted octanol–water partition coefficient (Wildman–Crippen LogP) is 6.74. The Morgan fingerprint density at radius 2 is 0.160 bits per heavy atom. The van der Waals surface area contributed by atoms with Gasteiger partial charge in [0.15, 0.2) is 0 Å². The Morgan fingerprint density at radius 1 is 0.120 bits per heavy atom. The third kappa shape index (κ3) is 17.7. The molecular weight excluding hydrogens is 478 g/mol. The summed E-state index contributed by atoms with van der Waals surface area (Å²) >= 11 is 0. The minimum atomic E-state index is 0. The van der Waals surface area contributed by atoms with E-state index in [4.69, 9.17) is 0 Å². The molecule has 0 spiro atoms. The van der Waals surface area contributed by atoms with E-state index in [2.05, 4.69) is 0 Å². The largest absolute Gasteiger partial charge is 0.0623 e. The van der Waals surface area contributed by atoms with Crippen LogP contribution in [0.2, 0.25) is 0 Å². The van der Waals surface area contributed by atoms with Crippen molar-refractivity contribution < 1.29 is 19.8 Å². The Hall–Kier alpha value is -2.48. The smallest absolute Gasteiger partial charge is 0 e. The van der Waals surface area contributed by atoms with Gasteiger partial charge in [-0.2, -0.15) is 0 Å². The Labute approximate surface area is 165 Å². The molecule has 0 saturated carbocycles. The van der Waals surface area contributed by atoms with Crippen molar-refractivity contribution in [2.45, 2.75) is 0 Å². The fraction of sp³-hybridized carbons (Fsp3) is 0. The summed E-state index contributed by atoms with van der Waals surface area (Å²) in [5.41, 5.74) is 0. The van der Waals surface area contributed by atoms with Crippen LogP contribution in [0.5, 0.6) is 0 Å². The molecule has 0 bridgehead atoms. The molecule has 0 fully saturated rings. The van der Waals surface area contributed by atoms with Crippen molar-refractivity contribution in [1.29, 1.82) is 0 Å². The maximum Gasteiger partial charge on any atom is 0 e. The summed E-state index contributed by atoms with van der Waals surface area (Å²) in [6.07, 6.45) is 0. The molecule has 0 N–H and O–H groups in total. The van der Waals surface area contributed by atoms with Crippen LogP contribution in [0, 0.1) is 0 Å². The van der Waals surface area contributed by atoms with E-state index >= 15 is 0 Å². The van der Waals surface area contributed by atoms with Crippen molar-refractivity contribution >= 4 is 0 Å². The Morgan fingerprint density at radius 3 is 0.200 bits per heavy atom. The first-order valence-electron chi connectivity index (χ1n) is 8.00. The van der Waals surface area contributed by atoms with E-state index in [0.29, 0.717) is 0 Å². The van der Waals surface area contributed by atoms with E-state index in [0.717, 1.165) is 0 Å². The molecule has 4 aromatic carbocycles. The topological polar surface area (TPSA) is 0 Å². The summed E-state index contributed by atoms with van der Waals surface area (Å²) in [6, 6.07) is 48.0. The van der Waals surface area contributed by atoms with Crippen molar-refractivity contribution in [3.05, 3.63) is 146 Å². The van der Waals surface area contributed by atoms with Crippen LogP contribution in [0.3, 0.4) is 0 Å². The molecule has 0 nitrogen and oxygen atoms in total. The Balaban J connectivity index is 0.000000303. The van der Waals surface area contributed by atoms with E-state index in [1.54, 1.807) is 0 Å². The monoisotopic (exact) mass is 504 g/mol. The number of hydrogen-bond donors (Lipinski definition) is 0. The summed E-state index contributed by atoms with van der Waals surface area (Å²) in [7, 11) is 0. The van der Waals surface area contributed by atoms with Crippen LogP contribution in [0.25, 0.3) is 0 Å². The second-order valence-corrected chi connectivity index (χ2v) is 4.62. The average molecular weight is 503 g/mol. The summed E-state index contributed by atoms with van der Waals surface area (Å²) in [4.78, 5) is 0. The van der Waals surface area contributed by atoms with Gasteiger partial charge in [0.2, 0.25) is 0 Å². The molecule has 0 aliphatic carbocycles. The van der Waals surface area contributed by atoms with E-state index in [1.165, 1.54) is 0 Å². The Kier molecular flexibility index (Phi) is 17.6. The number of hydrogen-bond acceptors (Lipinski definition) is 0. The van der Waals surface area contributed by atoms with Gasteiger partial charge < -0.3 is 0 Å². The summed E-state index contributed by atoms with van der Waals surface area (Å²) in [6.45, 7) is 0. The van der Waals surface area contributed by atoms with Crippen LogP contribution >= 0.6 is 0 Å². The van der Waals surface area contributed by atoms with Gasteiger partial charge in [0, 0.05) is 19.8 Å². The first-order chi connectivity index (χ1) is 12.0. The van der Waals surface area contributed by atoms with Gasteiger partial charge in [0.25, 0.3) is 0 Å². The quantitative estimate of drug-likeness (QED) is 0.250. The van der Waals surface area contributed by atoms with E-state index in [-0.39, 0.29) is 19.8 Å². The summed E-state index contributed by atoms with van der Waals surface area (Å²) in [5.74, 6) is 0. The number of benzene rings is 4. The first kappa shape index (κ1) is 22.5. The maximum atomic E-state index is 2.00. The first-order valence-corrected chi connectivity index (χ1v) is 8.00. The van der Waals surface area contributed by atoms with Gasteiger partial charge in [0.05, 0.1) is 0 Å². The minimum absolute atomic E-state index is 0. The SMILES string of the molecule is [Os].c1ccccc1.c1ccccc1.c1ccccc1.c1ccccc1. The molecule has 0 atom stereocenters. The molecule has 0 aromatic heterocycles. The minimum Gasteiger partial charge on any atom is -0.0623 e. The summed E-state index contributed by atoms with van der Waals surface area (Å²) in [5, 5.41) is 0. The third-order valence-corrected chi connectivity index (χ3v) is 2.67. The van der Waals surface area contributed by atoms with Gasteiger partial charge in [-0.15, -0.1) is 0 Å².